The van der Waals surface area contributed by atoms with Gasteiger partial charge < -0.3 is 4.74 Å². The van der Waals surface area contributed by atoms with Gasteiger partial charge in [0, 0.05) is 13.1 Å². The highest BCUT2D eigenvalue weighted by Crippen LogP contribution is 2.22. The quantitative estimate of drug-likeness (QED) is 0.644. The van der Waals surface area contributed by atoms with Gasteiger partial charge in [-0.15, -0.1) is 0 Å². The lowest BCUT2D eigenvalue weighted by Gasteiger charge is -2.22. The van der Waals surface area contributed by atoms with Crippen molar-refractivity contribution in [3.63, 3.8) is 0 Å². The highest BCUT2D eigenvalue weighted by molar-refractivity contribution is 5.74. The molecule has 78 valence electrons. The summed E-state index contributed by atoms with van der Waals surface area (Å²) < 4.78 is 5.51. The first kappa shape index (κ1) is 11.0. The minimum atomic E-state index is -0.0984. The van der Waals surface area contributed by atoms with E-state index in [0.29, 0.717) is 5.92 Å². The van der Waals surface area contributed by atoms with Gasteiger partial charge in [0.15, 0.2) is 0 Å². The predicted molar refractivity (Wildman–Crippen MR) is 55.4 cm³/mol. The summed E-state index contributed by atoms with van der Waals surface area (Å²) in [5.74, 6) is 0.529. The van der Waals surface area contributed by atoms with Crippen molar-refractivity contribution in [1.82, 2.24) is 4.90 Å². The first-order valence-corrected chi connectivity index (χ1v) is 4.85. The van der Waals surface area contributed by atoms with Crippen LogP contribution in [0.25, 0.3) is 0 Å². The monoisotopic (exact) mass is 195 g/mol. The fraction of sp³-hybridized carbons (Fsp3) is 0.545. The van der Waals surface area contributed by atoms with E-state index >= 15 is 0 Å². The van der Waals surface area contributed by atoms with Gasteiger partial charge in [-0.25, -0.2) is 0 Å². The van der Waals surface area contributed by atoms with Gasteiger partial charge in [0.25, 0.3) is 0 Å². The molecule has 0 N–H and O–H groups in total. The van der Waals surface area contributed by atoms with Crippen LogP contribution in [-0.2, 0) is 9.53 Å². The van der Waals surface area contributed by atoms with E-state index in [0.717, 1.165) is 13.0 Å². The number of nitrogens with zero attached hydrogens (tertiary/aromatic N) is 1. The SMILES string of the molecule is C=C/C=C\N(C(C)=O)C1CC(C)CO1. The molecule has 1 heterocycles. The summed E-state index contributed by atoms with van der Waals surface area (Å²) in [6.45, 7) is 7.96. The molecule has 3 nitrogen and oxygen atoms in total. The Morgan fingerprint density at radius 3 is 2.79 bits per heavy atom. The molecule has 2 unspecified atom stereocenters. The second-order valence-corrected chi connectivity index (χ2v) is 3.63. The van der Waals surface area contributed by atoms with Gasteiger partial charge in [0.2, 0.25) is 5.91 Å². The zero-order chi connectivity index (χ0) is 10.6. The number of rotatable bonds is 3. The molecular formula is C11H17NO2. The number of allylic oxidation sites excluding steroid dienone is 2. The van der Waals surface area contributed by atoms with Crippen LogP contribution in [0, 0.1) is 5.92 Å². The number of ether oxygens (including phenoxy) is 1. The lowest BCUT2D eigenvalue weighted by molar-refractivity contribution is -0.134. The van der Waals surface area contributed by atoms with Crippen molar-refractivity contribution in [3.05, 3.63) is 24.9 Å². The average molecular weight is 195 g/mol. The van der Waals surface area contributed by atoms with Crippen LogP contribution < -0.4 is 0 Å². The Balaban J connectivity index is 2.63. The molecule has 0 aromatic heterocycles. The number of hydrogen-bond donors (Lipinski definition) is 0. The Kier molecular flexibility index (Phi) is 3.89. The third-order valence-corrected chi connectivity index (χ3v) is 2.23. The minimum absolute atomic E-state index is 0.00204. The number of amides is 1. The summed E-state index contributed by atoms with van der Waals surface area (Å²) in [6, 6.07) is 0. The fourth-order valence-electron chi connectivity index (χ4n) is 1.51. The second kappa shape index (κ2) is 4.96. The van der Waals surface area contributed by atoms with E-state index in [2.05, 4.69) is 13.5 Å². The second-order valence-electron chi connectivity index (χ2n) is 3.63. The maximum Gasteiger partial charge on any atom is 0.225 e. The van der Waals surface area contributed by atoms with Crippen LogP contribution in [-0.4, -0.2) is 23.6 Å². The minimum Gasteiger partial charge on any atom is -0.358 e. The van der Waals surface area contributed by atoms with Crippen LogP contribution in [0.4, 0.5) is 0 Å². The van der Waals surface area contributed by atoms with Crippen LogP contribution in [0.3, 0.4) is 0 Å². The Morgan fingerprint density at radius 1 is 1.64 bits per heavy atom. The molecule has 14 heavy (non-hydrogen) atoms. The third-order valence-electron chi connectivity index (χ3n) is 2.23. The molecule has 1 aliphatic heterocycles. The molecule has 1 fully saturated rings. The van der Waals surface area contributed by atoms with E-state index in [1.54, 1.807) is 30.2 Å². The highest BCUT2D eigenvalue weighted by atomic mass is 16.5. The summed E-state index contributed by atoms with van der Waals surface area (Å²) in [4.78, 5) is 12.9. The topological polar surface area (TPSA) is 29.5 Å². The van der Waals surface area contributed by atoms with Crippen molar-refractivity contribution >= 4 is 5.91 Å². The molecule has 0 radical (unpaired) electrons. The lowest BCUT2D eigenvalue weighted by Crippen LogP contribution is -2.33. The van der Waals surface area contributed by atoms with Crippen LogP contribution in [0.15, 0.2) is 24.9 Å². The molecule has 1 amide bonds. The largest absolute Gasteiger partial charge is 0.358 e. The van der Waals surface area contributed by atoms with Gasteiger partial charge >= 0.3 is 0 Å². The van der Waals surface area contributed by atoms with E-state index in [1.165, 1.54) is 0 Å². The standard InChI is InChI=1S/C11H17NO2/c1-4-5-6-12(10(3)13)11-7-9(2)8-14-11/h4-6,9,11H,1,7-8H2,2-3H3/b6-5-. The number of carbonyl (C=O) groups excluding carboxylic acids is 1. The Hall–Kier alpha value is -1.09. The Labute approximate surface area is 85.0 Å². The predicted octanol–water partition coefficient (Wildman–Crippen LogP) is 1.92. The van der Waals surface area contributed by atoms with Crippen molar-refractivity contribution < 1.29 is 9.53 Å². The van der Waals surface area contributed by atoms with Crippen LogP contribution in [0.5, 0.6) is 0 Å². The van der Waals surface area contributed by atoms with Crippen molar-refractivity contribution in [2.75, 3.05) is 6.61 Å². The highest BCUT2D eigenvalue weighted by Gasteiger charge is 2.27. The zero-order valence-corrected chi connectivity index (χ0v) is 8.77. The van der Waals surface area contributed by atoms with Gasteiger partial charge in [-0.3, -0.25) is 9.69 Å². The molecule has 0 saturated carbocycles. The summed E-state index contributed by atoms with van der Waals surface area (Å²) in [6.07, 6.45) is 5.92. The molecule has 0 aliphatic carbocycles. The molecular weight excluding hydrogens is 178 g/mol. The van der Waals surface area contributed by atoms with E-state index in [9.17, 15) is 4.79 Å². The third kappa shape index (κ3) is 2.70. The van der Waals surface area contributed by atoms with Crippen LogP contribution in [0.2, 0.25) is 0 Å². The molecule has 1 aliphatic rings. The molecule has 2 atom stereocenters. The molecule has 1 rings (SSSR count). The van der Waals surface area contributed by atoms with Crippen molar-refractivity contribution in [1.29, 1.82) is 0 Å². The fourth-order valence-corrected chi connectivity index (χ4v) is 1.51. The van der Waals surface area contributed by atoms with Crippen LogP contribution in [0.1, 0.15) is 20.3 Å². The normalized spacial score (nSPS) is 26.7. The molecule has 1 saturated heterocycles. The molecule has 3 heteroatoms. The van der Waals surface area contributed by atoms with Crippen molar-refractivity contribution in [2.24, 2.45) is 5.92 Å². The molecule has 0 spiro atoms. The van der Waals surface area contributed by atoms with E-state index in [-0.39, 0.29) is 12.1 Å². The zero-order valence-electron chi connectivity index (χ0n) is 8.77. The van der Waals surface area contributed by atoms with Gasteiger partial charge in [0.1, 0.15) is 6.23 Å². The average Bonchev–Trinajstić information content (AvgIpc) is 2.52. The van der Waals surface area contributed by atoms with E-state index in [4.69, 9.17) is 4.74 Å². The van der Waals surface area contributed by atoms with Gasteiger partial charge in [0.05, 0.1) is 6.61 Å². The smallest absolute Gasteiger partial charge is 0.225 e. The summed E-state index contributed by atoms with van der Waals surface area (Å²) in [7, 11) is 0. The molecule has 0 aromatic carbocycles. The summed E-state index contributed by atoms with van der Waals surface area (Å²) in [5.41, 5.74) is 0. The van der Waals surface area contributed by atoms with Crippen molar-refractivity contribution in [2.45, 2.75) is 26.5 Å². The molecule has 0 aromatic rings. The van der Waals surface area contributed by atoms with Crippen LogP contribution >= 0.6 is 0 Å². The number of hydrogen-bond acceptors (Lipinski definition) is 2. The van der Waals surface area contributed by atoms with Crippen molar-refractivity contribution in [3.8, 4) is 0 Å². The lowest BCUT2D eigenvalue weighted by atomic mass is 10.1. The first-order valence-electron chi connectivity index (χ1n) is 4.85. The van der Waals surface area contributed by atoms with Gasteiger partial charge in [-0.2, -0.15) is 0 Å². The Bertz CT molecular complexity index is 248. The first-order chi connectivity index (χ1) is 6.65. The molecule has 0 bridgehead atoms. The van der Waals surface area contributed by atoms with Gasteiger partial charge in [-0.05, 0) is 18.4 Å². The number of carbonyl (C=O) groups is 1. The van der Waals surface area contributed by atoms with E-state index < -0.39 is 0 Å². The van der Waals surface area contributed by atoms with Gasteiger partial charge in [-0.1, -0.05) is 19.6 Å². The van der Waals surface area contributed by atoms with E-state index in [1.807, 2.05) is 0 Å². The Morgan fingerprint density at radius 2 is 2.36 bits per heavy atom. The summed E-state index contributed by atoms with van der Waals surface area (Å²) >= 11 is 0. The summed E-state index contributed by atoms with van der Waals surface area (Å²) in [5, 5.41) is 0. The maximum atomic E-state index is 11.3. The maximum absolute atomic E-state index is 11.3.